The molecular formula is C18H30O15. The van der Waals surface area contributed by atoms with Gasteiger partial charge in [0.25, 0.3) is 0 Å². The lowest BCUT2D eigenvalue weighted by Gasteiger charge is -2.46. The molecule has 12 atom stereocenters. The van der Waals surface area contributed by atoms with Gasteiger partial charge in [-0.25, -0.2) is 0 Å². The van der Waals surface area contributed by atoms with Gasteiger partial charge in [0.05, 0.1) is 26.4 Å². The molecule has 15 nitrogen and oxygen atoms in total. The van der Waals surface area contributed by atoms with Crippen molar-refractivity contribution in [2.75, 3.05) is 26.4 Å². The molecule has 0 unspecified atom stereocenters. The second-order valence-corrected chi connectivity index (χ2v) is 8.13. The molecule has 3 fully saturated rings. The standard InChI is InChI=1S/C18H30O15/c1-6(21)30-14-15(27)29-5-18(14,4-20)33-17-13(9(23)7(22)3-28-17)32-16-12(26)11(25)10(24)8(2-19)31-16/h7-17,19-20,22-27H,2-5H2,1H3/t7-,8+,9-,10+,11-,12+,13+,14-,15+,16-,17-,18+/m0/s1. The van der Waals surface area contributed by atoms with Gasteiger partial charge in [-0.2, -0.15) is 0 Å². The second-order valence-electron chi connectivity index (χ2n) is 8.13. The zero-order valence-corrected chi connectivity index (χ0v) is 17.6. The maximum absolute atomic E-state index is 11.5. The lowest BCUT2D eigenvalue weighted by Crippen LogP contribution is -2.64. The van der Waals surface area contributed by atoms with Crippen LogP contribution in [0.1, 0.15) is 6.92 Å². The summed E-state index contributed by atoms with van der Waals surface area (Å²) in [5.41, 5.74) is -1.85. The lowest BCUT2D eigenvalue weighted by atomic mass is 9.98. The molecule has 8 N–H and O–H groups in total. The van der Waals surface area contributed by atoms with Gasteiger partial charge in [-0.3, -0.25) is 4.79 Å². The number of aliphatic hydroxyl groups excluding tert-OH is 8. The molecule has 0 aromatic heterocycles. The van der Waals surface area contributed by atoms with Crippen molar-refractivity contribution in [3.05, 3.63) is 0 Å². The van der Waals surface area contributed by atoms with E-state index in [1.807, 2.05) is 0 Å². The fourth-order valence-corrected chi connectivity index (χ4v) is 3.85. The third kappa shape index (κ3) is 5.30. The molecule has 3 heterocycles. The first-order valence-electron chi connectivity index (χ1n) is 10.2. The van der Waals surface area contributed by atoms with Crippen molar-refractivity contribution in [3.8, 4) is 0 Å². The minimum Gasteiger partial charge on any atom is -0.454 e. The number of aliphatic hydroxyl groups is 8. The Hall–Kier alpha value is -1.05. The van der Waals surface area contributed by atoms with E-state index in [1.165, 1.54) is 0 Å². The zero-order valence-electron chi connectivity index (χ0n) is 17.6. The molecule has 0 spiro atoms. The first-order valence-corrected chi connectivity index (χ1v) is 10.2. The first-order chi connectivity index (χ1) is 15.5. The van der Waals surface area contributed by atoms with Crippen LogP contribution >= 0.6 is 0 Å². The third-order valence-electron chi connectivity index (χ3n) is 5.76. The third-order valence-corrected chi connectivity index (χ3v) is 5.76. The fraction of sp³-hybridized carbons (Fsp3) is 0.944. The molecule has 0 radical (unpaired) electrons. The predicted molar refractivity (Wildman–Crippen MR) is 98.8 cm³/mol. The first kappa shape index (κ1) is 26.6. The average molecular weight is 486 g/mol. The van der Waals surface area contributed by atoms with Gasteiger partial charge in [-0.15, -0.1) is 0 Å². The molecule has 0 amide bonds. The van der Waals surface area contributed by atoms with Gasteiger partial charge in [-0.05, 0) is 0 Å². The molecule has 3 rings (SSSR count). The van der Waals surface area contributed by atoms with Gasteiger partial charge in [0, 0.05) is 6.92 Å². The SMILES string of the molecule is CC(=O)O[C@H]1[C@H](O)OC[C@@]1(CO)O[C@@H]1OC[C@H](O)[C@H](O)[C@H]1O[C@@H]1O[C@H](CO)[C@@H](O)[C@H](O)[C@H]1O. The van der Waals surface area contributed by atoms with Crippen LogP contribution in [0.3, 0.4) is 0 Å². The Morgan fingerprint density at radius 1 is 0.970 bits per heavy atom. The van der Waals surface area contributed by atoms with Gasteiger partial charge in [0.2, 0.25) is 0 Å². The molecule has 15 heteroatoms. The number of ether oxygens (including phenoxy) is 6. The van der Waals surface area contributed by atoms with E-state index >= 15 is 0 Å². The minimum absolute atomic E-state index is 0.441. The van der Waals surface area contributed by atoms with Crippen LogP contribution < -0.4 is 0 Å². The van der Waals surface area contributed by atoms with Crippen LogP contribution in [0.4, 0.5) is 0 Å². The molecule has 3 saturated heterocycles. The summed E-state index contributed by atoms with van der Waals surface area (Å²) < 4.78 is 32.0. The summed E-state index contributed by atoms with van der Waals surface area (Å²) in [5.74, 6) is -0.805. The quantitative estimate of drug-likeness (QED) is 0.157. The number of esters is 1. The van der Waals surface area contributed by atoms with Crippen LogP contribution in [0.2, 0.25) is 0 Å². The van der Waals surface area contributed by atoms with Crippen LogP contribution in [0.15, 0.2) is 0 Å². The predicted octanol–water partition coefficient (Wildman–Crippen LogP) is -5.72. The summed E-state index contributed by atoms with van der Waals surface area (Å²) in [7, 11) is 0. The second kappa shape index (κ2) is 10.7. The van der Waals surface area contributed by atoms with Crippen molar-refractivity contribution in [3.63, 3.8) is 0 Å². The van der Waals surface area contributed by atoms with Gasteiger partial charge >= 0.3 is 5.97 Å². The normalized spacial score (nSPS) is 48.6. The Bertz CT molecular complexity index is 663. The summed E-state index contributed by atoms with van der Waals surface area (Å²) >= 11 is 0. The van der Waals surface area contributed by atoms with E-state index in [0.717, 1.165) is 6.92 Å². The summed E-state index contributed by atoms with van der Waals surface area (Å²) in [6.07, 6.45) is -17.8. The maximum atomic E-state index is 11.5. The molecule has 0 aromatic carbocycles. The van der Waals surface area contributed by atoms with E-state index in [2.05, 4.69) is 0 Å². The summed E-state index contributed by atoms with van der Waals surface area (Å²) in [4.78, 5) is 11.5. The van der Waals surface area contributed by atoms with Gasteiger partial charge in [0.15, 0.2) is 30.6 Å². The fourth-order valence-electron chi connectivity index (χ4n) is 3.85. The van der Waals surface area contributed by atoms with Crippen molar-refractivity contribution < 1.29 is 74.1 Å². The van der Waals surface area contributed by atoms with Crippen LogP contribution in [0.25, 0.3) is 0 Å². The summed E-state index contributed by atoms with van der Waals surface area (Å²) in [5, 5.41) is 80.0. The van der Waals surface area contributed by atoms with Gasteiger partial charge in [-0.1, -0.05) is 0 Å². The Kier molecular flexibility index (Phi) is 8.61. The van der Waals surface area contributed by atoms with E-state index in [0.29, 0.717) is 0 Å². The highest BCUT2D eigenvalue weighted by atomic mass is 16.8. The number of rotatable bonds is 7. The summed E-state index contributed by atoms with van der Waals surface area (Å²) in [6, 6.07) is 0. The topological polar surface area (TPSA) is 234 Å². The maximum Gasteiger partial charge on any atom is 0.303 e. The number of hydrogen-bond acceptors (Lipinski definition) is 15. The van der Waals surface area contributed by atoms with Crippen molar-refractivity contribution in [2.24, 2.45) is 0 Å². The average Bonchev–Trinajstić information content (AvgIpc) is 3.08. The van der Waals surface area contributed by atoms with E-state index in [9.17, 15) is 45.6 Å². The zero-order chi connectivity index (χ0) is 24.5. The van der Waals surface area contributed by atoms with E-state index in [1.54, 1.807) is 0 Å². The lowest BCUT2D eigenvalue weighted by molar-refractivity contribution is -0.371. The number of carbonyl (C=O) groups excluding carboxylic acids is 1. The molecule has 3 aliphatic heterocycles. The van der Waals surface area contributed by atoms with Crippen LogP contribution in [-0.2, 0) is 33.2 Å². The molecular weight excluding hydrogens is 456 g/mol. The molecule has 192 valence electrons. The smallest absolute Gasteiger partial charge is 0.303 e. The highest BCUT2D eigenvalue weighted by molar-refractivity contribution is 5.66. The molecule has 0 bridgehead atoms. The highest BCUT2D eigenvalue weighted by Crippen LogP contribution is 2.35. The largest absolute Gasteiger partial charge is 0.454 e. The van der Waals surface area contributed by atoms with Gasteiger partial charge < -0.3 is 69.3 Å². The van der Waals surface area contributed by atoms with Crippen molar-refractivity contribution in [1.82, 2.24) is 0 Å². The van der Waals surface area contributed by atoms with Crippen molar-refractivity contribution in [1.29, 1.82) is 0 Å². The van der Waals surface area contributed by atoms with Crippen LogP contribution in [0, 0.1) is 0 Å². The Balaban J connectivity index is 1.82. The molecule has 0 aliphatic carbocycles. The van der Waals surface area contributed by atoms with Crippen LogP contribution in [-0.4, -0.2) is 147 Å². The summed E-state index contributed by atoms with van der Waals surface area (Å²) in [6.45, 7) is -1.38. The van der Waals surface area contributed by atoms with E-state index in [4.69, 9.17) is 28.4 Å². The molecule has 3 aliphatic rings. The monoisotopic (exact) mass is 486 g/mol. The molecule has 0 saturated carbocycles. The van der Waals surface area contributed by atoms with E-state index < -0.39 is 106 Å². The van der Waals surface area contributed by atoms with E-state index in [-0.39, 0.29) is 0 Å². The Labute approximate surface area is 187 Å². The van der Waals surface area contributed by atoms with Gasteiger partial charge in [0.1, 0.15) is 42.7 Å². The molecule has 33 heavy (non-hydrogen) atoms. The Morgan fingerprint density at radius 2 is 1.67 bits per heavy atom. The minimum atomic E-state index is -1.85. The van der Waals surface area contributed by atoms with Crippen molar-refractivity contribution in [2.45, 2.75) is 80.2 Å². The number of hydrogen-bond donors (Lipinski definition) is 8. The van der Waals surface area contributed by atoms with Crippen LogP contribution in [0.5, 0.6) is 0 Å². The van der Waals surface area contributed by atoms with Crippen molar-refractivity contribution >= 4 is 5.97 Å². The Morgan fingerprint density at radius 3 is 2.27 bits per heavy atom. The molecule has 0 aromatic rings. The number of carbonyl (C=O) groups is 1. The highest BCUT2D eigenvalue weighted by Gasteiger charge is 2.57.